The Labute approximate surface area is 94.7 Å². The fraction of sp³-hybridized carbons (Fsp3) is 0.300. The van der Waals surface area contributed by atoms with Gasteiger partial charge in [0.1, 0.15) is 0 Å². The lowest BCUT2D eigenvalue weighted by molar-refractivity contribution is 0.0981. The van der Waals surface area contributed by atoms with E-state index in [1.54, 1.807) is 24.3 Å². The molecule has 0 bridgehead atoms. The summed E-state index contributed by atoms with van der Waals surface area (Å²) in [7, 11) is -3.51. The Morgan fingerprint density at radius 2 is 1.88 bits per heavy atom. The first-order chi connectivity index (χ1) is 7.48. The first kappa shape index (κ1) is 12.7. The van der Waals surface area contributed by atoms with Crippen molar-refractivity contribution in [2.45, 2.75) is 13.5 Å². The summed E-state index contributed by atoms with van der Waals surface area (Å²) in [6, 6.07) is 6.46. The molecule has 1 amide bonds. The summed E-state index contributed by atoms with van der Waals surface area (Å²) in [5, 5.41) is 0. The maximum absolute atomic E-state index is 11.5. The highest BCUT2D eigenvalue weighted by Gasteiger charge is 2.13. The minimum atomic E-state index is -3.51. The van der Waals surface area contributed by atoms with Gasteiger partial charge in [0.2, 0.25) is 10.0 Å². The van der Waals surface area contributed by atoms with E-state index in [1.807, 2.05) is 4.72 Å². The molecular weight excluding hydrogens is 228 g/mol. The Bertz CT molecular complexity index is 465. The standard InChI is InChI=1S/C10H14N2O3S/c1-2-16(14,15)12-10(13)9-5-3-8(7-11)4-6-9/h3-6H,2,7,11H2,1H3,(H,12,13). The lowest BCUT2D eigenvalue weighted by atomic mass is 10.1. The number of benzene rings is 1. The van der Waals surface area contributed by atoms with Crippen LogP contribution in [0.1, 0.15) is 22.8 Å². The minimum absolute atomic E-state index is 0.125. The number of nitrogens with one attached hydrogen (secondary N) is 1. The van der Waals surface area contributed by atoms with Crippen molar-refractivity contribution in [3.05, 3.63) is 35.4 Å². The molecule has 0 unspecified atom stereocenters. The molecule has 0 aliphatic rings. The first-order valence-corrected chi connectivity index (χ1v) is 6.47. The van der Waals surface area contributed by atoms with Crippen LogP contribution >= 0.6 is 0 Å². The quantitative estimate of drug-likeness (QED) is 0.790. The molecule has 0 spiro atoms. The maximum Gasteiger partial charge on any atom is 0.264 e. The lowest BCUT2D eigenvalue weighted by Crippen LogP contribution is -2.31. The number of carbonyl (C=O) groups excluding carboxylic acids is 1. The molecule has 1 aromatic rings. The van der Waals surface area contributed by atoms with Gasteiger partial charge in [-0.2, -0.15) is 0 Å². The van der Waals surface area contributed by atoms with E-state index in [0.717, 1.165) is 5.56 Å². The molecule has 3 N–H and O–H groups in total. The molecule has 6 heteroatoms. The number of rotatable bonds is 4. The monoisotopic (exact) mass is 242 g/mol. The van der Waals surface area contributed by atoms with Gasteiger partial charge in [0.25, 0.3) is 5.91 Å². The molecule has 0 radical (unpaired) electrons. The zero-order valence-corrected chi connectivity index (χ0v) is 9.75. The van der Waals surface area contributed by atoms with Gasteiger partial charge in [0, 0.05) is 12.1 Å². The Kier molecular flexibility index (Phi) is 4.03. The summed E-state index contributed by atoms with van der Waals surface area (Å²) in [5.74, 6) is -0.745. The molecule has 5 nitrogen and oxygen atoms in total. The third-order valence-corrected chi connectivity index (χ3v) is 3.34. The second-order valence-electron chi connectivity index (χ2n) is 3.24. The van der Waals surface area contributed by atoms with Crippen LogP contribution in [0.25, 0.3) is 0 Å². The predicted octanol–water partition coefficient (Wildman–Crippen LogP) is 0.225. The highest BCUT2D eigenvalue weighted by atomic mass is 32.2. The molecule has 0 saturated heterocycles. The van der Waals surface area contributed by atoms with E-state index in [4.69, 9.17) is 5.73 Å². The summed E-state index contributed by atoms with van der Waals surface area (Å²) in [5.41, 5.74) is 6.59. The van der Waals surface area contributed by atoms with Crippen molar-refractivity contribution in [1.82, 2.24) is 4.72 Å². The van der Waals surface area contributed by atoms with Crippen molar-refractivity contribution in [2.75, 3.05) is 5.75 Å². The number of nitrogens with two attached hydrogens (primary N) is 1. The van der Waals surface area contributed by atoms with Crippen LogP contribution in [0.2, 0.25) is 0 Å². The third-order valence-electron chi connectivity index (χ3n) is 2.08. The minimum Gasteiger partial charge on any atom is -0.326 e. The smallest absolute Gasteiger partial charge is 0.264 e. The van der Waals surface area contributed by atoms with Gasteiger partial charge in [-0.25, -0.2) is 13.1 Å². The van der Waals surface area contributed by atoms with Crippen LogP contribution in [0.5, 0.6) is 0 Å². The number of carbonyl (C=O) groups is 1. The molecular formula is C10H14N2O3S. The number of sulfonamides is 1. The lowest BCUT2D eigenvalue weighted by Gasteiger charge is -2.05. The van der Waals surface area contributed by atoms with Gasteiger partial charge < -0.3 is 5.73 Å². The molecule has 16 heavy (non-hydrogen) atoms. The molecule has 0 aliphatic carbocycles. The van der Waals surface area contributed by atoms with Crippen LogP contribution in [-0.4, -0.2) is 20.1 Å². The predicted molar refractivity (Wildman–Crippen MR) is 61.3 cm³/mol. The van der Waals surface area contributed by atoms with E-state index in [1.165, 1.54) is 6.92 Å². The van der Waals surface area contributed by atoms with E-state index in [0.29, 0.717) is 12.1 Å². The van der Waals surface area contributed by atoms with Crippen LogP contribution in [-0.2, 0) is 16.6 Å². The summed E-state index contributed by atoms with van der Waals surface area (Å²) in [6.45, 7) is 1.85. The molecule has 0 saturated carbocycles. The molecule has 0 fully saturated rings. The van der Waals surface area contributed by atoms with Gasteiger partial charge in [-0.05, 0) is 24.6 Å². The SMILES string of the molecule is CCS(=O)(=O)NC(=O)c1ccc(CN)cc1. The number of amides is 1. The van der Waals surface area contributed by atoms with Crippen molar-refractivity contribution in [3.63, 3.8) is 0 Å². The van der Waals surface area contributed by atoms with Crippen molar-refractivity contribution in [2.24, 2.45) is 5.73 Å². The van der Waals surface area contributed by atoms with Gasteiger partial charge >= 0.3 is 0 Å². The summed E-state index contributed by atoms with van der Waals surface area (Å²) in [6.07, 6.45) is 0. The topological polar surface area (TPSA) is 89.3 Å². The van der Waals surface area contributed by atoms with Crippen LogP contribution in [0.3, 0.4) is 0 Å². The molecule has 1 aromatic carbocycles. The Hall–Kier alpha value is -1.40. The van der Waals surface area contributed by atoms with E-state index in [-0.39, 0.29) is 5.75 Å². The van der Waals surface area contributed by atoms with Crippen molar-refractivity contribution >= 4 is 15.9 Å². The van der Waals surface area contributed by atoms with Gasteiger partial charge in [-0.15, -0.1) is 0 Å². The zero-order chi connectivity index (χ0) is 12.2. The van der Waals surface area contributed by atoms with Crippen molar-refractivity contribution < 1.29 is 13.2 Å². The third kappa shape index (κ3) is 3.32. The molecule has 88 valence electrons. The maximum atomic E-state index is 11.5. The summed E-state index contributed by atoms with van der Waals surface area (Å²) >= 11 is 0. The van der Waals surface area contributed by atoms with Crippen LogP contribution < -0.4 is 10.5 Å². The first-order valence-electron chi connectivity index (χ1n) is 4.82. The largest absolute Gasteiger partial charge is 0.326 e. The van der Waals surface area contributed by atoms with Crippen LogP contribution in [0.4, 0.5) is 0 Å². The highest BCUT2D eigenvalue weighted by Crippen LogP contribution is 2.04. The fourth-order valence-corrected chi connectivity index (χ4v) is 1.61. The van der Waals surface area contributed by atoms with Gasteiger partial charge in [-0.1, -0.05) is 12.1 Å². The molecule has 0 aliphatic heterocycles. The van der Waals surface area contributed by atoms with Crippen molar-refractivity contribution in [3.8, 4) is 0 Å². The average molecular weight is 242 g/mol. The summed E-state index contributed by atoms with van der Waals surface area (Å²) < 4.78 is 24.3. The molecule has 0 atom stereocenters. The number of hydrogen-bond donors (Lipinski definition) is 2. The fourth-order valence-electron chi connectivity index (χ4n) is 1.06. The van der Waals surface area contributed by atoms with E-state index >= 15 is 0 Å². The Morgan fingerprint density at radius 3 is 2.31 bits per heavy atom. The van der Waals surface area contributed by atoms with E-state index in [9.17, 15) is 13.2 Å². The van der Waals surface area contributed by atoms with Crippen LogP contribution in [0.15, 0.2) is 24.3 Å². The van der Waals surface area contributed by atoms with E-state index < -0.39 is 15.9 Å². The average Bonchev–Trinajstić information content (AvgIpc) is 2.28. The normalized spacial score (nSPS) is 11.1. The molecule has 1 rings (SSSR count). The second-order valence-corrected chi connectivity index (χ2v) is 5.25. The van der Waals surface area contributed by atoms with Gasteiger partial charge in [0.15, 0.2) is 0 Å². The summed E-state index contributed by atoms with van der Waals surface area (Å²) in [4.78, 5) is 11.5. The second kappa shape index (κ2) is 5.09. The van der Waals surface area contributed by atoms with Crippen LogP contribution in [0, 0.1) is 0 Å². The van der Waals surface area contributed by atoms with Crippen molar-refractivity contribution in [1.29, 1.82) is 0 Å². The molecule has 0 aromatic heterocycles. The molecule has 0 heterocycles. The Morgan fingerprint density at radius 1 is 1.31 bits per heavy atom. The van der Waals surface area contributed by atoms with E-state index in [2.05, 4.69) is 0 Å². The van der Waals surface area contributed by atoms with Gasteiger partial charge in [0.05, 0.1) is 5.75 Å². The highest BCUT2D eigenvalue weighted by molar-refractivity contribution is 7.90. The van der Waals surface area contributed by atoms with Gasteiger partial charge in [-0.3, -0.25) is 4.79 Å². The number of hydrogen-bond acceptors (Lipinski definition) is 4. The Balaban J connectivity index is 2.81. The zero-order valence-electron chi connectivity index (χ0n) is 8.93.